The van der Waals surface area contributed by atoms with Crippen LogP contribution in [0.5, 0.6) is 0 Å². The third-order valence-corrected chi connectivity index (χ3v) is 5.77. The maximum atomic E-state index is 12.6. The Morgan fingerprint density at radius 1 is 0.958 bits per heavy atom. The van der Waals surface area contributed by atoms with E-state index in [1.807, 2.05) is 30.3 Å². The number of fused-ring (bicyclic) bond motifs is 1. The zero-order valence-corrected chi connectivity index (χ0v) is 13.2. The van der Waals surface area contributed by atoms with Crippen molar-refractivity contribution in [2.45, 2.75) is 4.90 Å². The molecule has 6 heteroatoms. The van der Waals surface area contributed by atoms with Crippen LogP contribution in [0.1, 0.15) is 15.9 Å². The van der Waals surface area contributed by atoms with E-state index in [2.05, 4.69) is 10.2 Å². The van der Waals surface area contributed by atoms with Gasteiger partial charge in [-0.1, -0.05) is 42.5 Å². The molecule has 1 aromatic heterocycles. The molecule has 3 aromatic rings. The lowest BCUT2D eigenvalue weighted by molar-refractivity contribution is 0.104. The summed E-state index contributed by atoms with van der Waals surface area (Å²) in [5.74, 6) is -0.481. The van der Waals surface area contributed by atoms with E-state index in [0.717, 1.165) is 5.56 Å². The summed E-state index contributed by atoms with van der Waals surface area (Å²) in [5, 5.41) is 6.85. The monoisotopic (exact) mass is 336 g/mol. The van der Waals surface area contributed by atoms with Crippen LogP contribution in [0.3, 0.4) is 0 Å². The summed E-state index contributed by atoms with van der Waals surface area (Å²) in [4.78, 5) is 12.3. The number of aromatic nitrogens is 2. The zero-order chi connectivity index (χ0) is 16.7. The molecule has 1 N–H and O–H groups in total. The molecule has 24 heavy (non-hydrogen) atoms. The molecular weight excluding hydrogens is 324 g/mol. The van der Waals surface area contributed by atoms with Gasteiger partial charge < -0.3 is 0 Å². The average Bonchev–Trinajstić information content (AvgIpc) is 3.14. The third-order valence-electron chi connectivity index (χ3n) is 3.95. The Hall–Kier alpha value is -2.99. The first-order valence-corrected chi connectivity index (χ1v) is 8.76. The van der Waals surface area contributed by atoms with Crippen molar-refractivity contribution in [1.82, 2.24) is 10.2 Å². The molecule has 2 aromatic carbocycles. The van der Waals surface area contributed by atoms with E-state index in [1.54, 1.807) is 12.1 Å². The number of nitrogens with one attached hydrogen (secondary N) is 1. The highest BCUT2D eigenvalue weighted by Crippen LogP contribution is 2.36. The summed E-state index contributed by atoms with van der Waals surface area (Å²) in [6.45, 7) is 0. The fourth-order valence-electron chi connectivity index (χ4n) is 2.79. The normalized spacial score (nSPS) is 17.2. The molecule has 0 saturated heterocycles. The number of H-pyrrole nitrogens is 1. The second-order valence-corrected chi connectivity index (χ2v) is 7.29. The molecule has 0 aliphatic carbocycles. The first kappa shape index (κ1) is 14.6. The molecule has 0 unspecified atom stereocenters. The largest absolute Gasteiger partial charge is 0.288 e. The SMILES string of the molecule is O=C1C(=Cc2cn[nH]c2-c2ccccc2)S(=O)(=O)c2ccccc21. The van der Waals surface area contributed by atoms with E-state index in [-0.39, 0.29) is 15.4 Å². The van der Waals surface area contributed by atoms with Crippen LogP contribution >= 0.6 is 0 Å². The number of allylic oxidation sites excluding steroid dienone is 1. The second-order valence-electron chi connectivity index (χ2n) is 5.40. The molecular formula is C18H12N2O3S. The van der Waals surface area contributed by atoms with Crippen LogP contribution in [0, 0.1) is 0 Å². The molecule has 0 spiro atoms. The minimum Gasteiger partial charge on any atom is -0.288 e. The topological polar surface area (TPSA) is 79.9 Å². The van der Waals surface area contributed by atoms with Crippen LogP contribution in [0.2, 0.25) is 0 Å². The van der Waals surface area contributed by atoms with E-state index in [4.69, 9.17) is 0 Å². The molecule has 0 bridgehead atoms. The minimum absolute atomic E-state index is 0.0611. The van der Waals surface area contributed by atoms with Crippen molar-refractivity contribution in [3.63, 3.8) is 0 Å². The Morgan fingerprint density at radius 3 is 2.42 bits per heavy atom. The van der Waals surface area contributed by atoms with Gasteiger partial charge in [0.15, 0.2) is 0 Å². The Bertz CT molecular complexity index is 1080. The highest BCUT2D eigenvalue weighted by Gasteiger charge is 2.38. The predicted octanol–water partition coefficient (Wildman–Crippen LogP) is 3.09. The van der Waals surface area contributed by atoms with Gasteiger partial charge in [0, 0.05) is 16.7 Å². The van der Waals surface area contributed by atoms with Crippen LogP contribution < -0.4 is 0 Å². The molecule has 0 amide bonds. The number of ketones is 1. The molecule has 2 heterocycles. The zero-order valence-electron chi connectivity index (χ0n) is 12.4. The lowest BCUT2D eigenvalue weighted by Crippen LogP contribution is -2.02. The predicted molar refractivity (Wildman–Crippen MR) is 90.0 cm³/mol. The van der Waals surface area contributed by atoms with Crippen molar-refractivity contribution < 1.29 is 13.2 Å². The number of hydrogen-bond acceptors (Lipinski definition) is 4. The summed E-state index contributed by atoms with van der Waals surface area (Å²) in [7, 11) is -3.80. The Balaban J connectivity index is 1.88. The van der Waals surface area contributed by atoms with E-state index in [0.29, 0.717) is 11.3 Å². The molecule has 4 rings (SSSR count). The van der Waals surface area contributed by atoms with Gasteiger partial charge in [0.05, 0.1) is 16.8 Å². The lowest BCUT2D eigenvalue weighted by Gasteiger charge is -2.01. The number of nitrogens with zero attached hydrogens (tertiary/aromatic N) is 1. The summed E-state index contributed by atoms with van der Waals surface area (Å²) < 4.78 is 25.3. The molecule has 0 saturated carbocycles. The molecule has 118 valence electrons. The fourth-order valence-corrected chi connectivity index (χ4v) is 4.37. The van der Waals surface area contributed by atoms with E-state index >= 15 is 0 Å². The van der Waals surface area contributed by atoms with Gasteiger partial charge in [0.25, 0.3) is 0 Å². The van der Waals surface area contributed by atoms with Crippen molar-refractivity contribution in [3.05, 3.63) is 76.8 Å². The van der Waals surface area contributed by atoms with E-state index in [9.17, 15) is 13.2 Å². The summed E-state index contributed by atoms with van der Waals surface area (Å²) in [5.41, 5.74) is 2.30. The minimum atomic E-state index is -3.80. The number of sulfone groups is 1. The Kier molecular flexibility index (Phi) is 3.21. The van der Waals surface area contributed by atoms with E-state index in [1.165, 1.54) is 24.4 Å². The maximum absolute atomic E-state index is 12.6. The Labute approximate surface area is 138 Å². The van der Waals surface area contributed by atoms with E-state index < -0.39 is 15.6 Å². The van der Waals surface area contributed by atoms with Gasteiger partial charge in [0.1, 0.15) is 4.91 Å². The van der Waals surface area contributed by atoms with Gasteiger partial charge in [-0.15, -0.1) is 0 Å². The number of Topliss-reactive ketones (excluding diaryl/α,β-unsaturated/α-hetero) is 1. The number of aromatic amines is 1. The van der Waals surface area contributed by atoms with Crippen LogP contribution in [0.15, 0.2) is 70.6 Å². The quantitative estimate of drug-likeness (QED) is 0.729. The van der Waals surface area contributed by atoms with Gasteiger partial charge in [-0.2, -0.15) is 5.10 Å². The summed E-state index contributed by atoms with van der Waals surface area (Å²) in [6.07, 6.45) is 2.91. The highest BCUT2D eigenvalue weighted by molar-refractivity contribution is 7.97. The molecule has 0 fully saturated rings. The van der Waals surface area contributed by atoms with Crippen molar-refractivity contribution in [3.8, 4) is 11.3 Å². The number of rotatable bonds is 2. The van der Waals surface area contributed by atoms with Crippen LogP contribution in [0.25, 0.3) is 17.3 Å². The molecule has 0 radical (unpaired) electrons. The standard InChI is InChI=1S/C18H12N2O3S/c21-18-14-8-4-5-9-15(14)24(22,23)16(18)10-13-11-19-20-17(13)12-6-2-1-3-7-12/h1-11H,(H,19,20). The lowest BCUT2D eigenvalue weighted by atomic mass is 10.1. The number of benzene rings is 2. The average molecular weight is 336 g/mol. The number of carbonyl (C=O) groups is 1. The molecule has 5 nitrogen and oxygen atoms in total. The van der Waals surface area contributed by atoms with Gasteiger partial charge in [0.2, 0.25) is 15.6 Å². The maximum Gasteiger partial charge on any atom is 0.211 e. The fraction of sp³-hybridized carbons (Fsp3) is 0. The third kappa shape index (κ3) is 2.11. The van der Waals surface area contributed by atoms with Gasteiger partial charge in [-0.25, -0.2) is 8.42 Å². The van der Waals surface area contributed by atoms with Crippen molar-refractivity contribution in [1.29, 1.82) is 0 Å². The van der Waals surface area contributed by atoms with Crippen molar-refractivity contribution >= 4 is 21.7 Å². The van der Waals surface area contributed by atoms with Crippen LogP contribution in [-0.2, 0) is 9.84 Å². The number of hydrogen-bond donors (Lipinski definition) is 1. The summed E-state index contributed by atoms with van der Waals surface area (Å²) in [6, 6.07) is 15.7. The Morgan fingerprint density at radius 2 is 1.67 bits per heavy atom. The first-order chi connectivity index (χ1) is 11.6. The smallest absolute Gasteiger partial charge is 0.211 e. The van der Waals surface area contributed by atoms with Gasteiger partial charge in [-0.3, -0.25) is 9.89 Å². The van der Waals surface area contributed by atoms with Gasteiger partial charge in [-0.05, 0) is 18.2 Å². The molecule has 0 atom stereocenters. The van der Waals surface area contributed by atoms with Crippen LogP contribution in [0.4, 0.5) is 0 Å². The first-order valence-electron chi connectivity index (χ1n) is 7.28. The van der Waals surface area contributed by atoms with Gasteiger partial charge >= 0.3 is 0 Å². The molecule has 1 aliphatic heterocycles. The van der Waals surface area contributed by atoms with Crippen molar-refractivity contribution in [2.75, 3.05) is 0 Å². The number of carbonyl (C=O) groups excluding carboxylic acids is 1. The highest BCUT2D eigenvalue weighted by atomic mass is 32.2. The van der Waals surface area contributed by atoms with Crippen molar-refractivity contribution in [2.24, 2.45) is 0 Å². The molecule has 1 aliphatic rings. The van der Waals surface area contributed by atoms with Crippen LogP contribution in [-0.4, -0.2) is 24.4 Å². The summed E-state index contributed by atoms with van der Waals surface area (Å²) >= 11 is 0. The second kappa shape index (κ2) is 5.28.